The van der Waals surface area contributed by atoms with Crippen molar-refractivity contribution in [2.45, 2.75) is 33.1 Å². The van der Waals surface area contributed by atoms with Crippen LogP contribution >= 0.6 is 0 Å². The van der Waals surface area contributed by atoms with E-state index in [4.69, 9.17) is 9.47 Å². The van der Waals surface area contributed by atoms with Gasteiger partial charge in [0.15, 0.2) is 0 Å². The van der Waals surface area contributed by atoms with E-state index in [-0.39, 0.29) is 23.8 Å². The first-order valence-electron chi connectivity index (χ1n) is 6.52. The average Bonchev–Trinajstić information content (AvgIpc) is 2.89. The second-order valence-electron chi connectivity index (χ2n) is 4.89. The van der Waals surface area contributed by atoms with E-state index in [1.807, 2.05) is 0 Å². The summed E-state index contributed by atoms with van der Waals surface area (Å²) in [5.74, 6) is -0.280. The number of carbonyl (C=O) groups is 2. The highest BCUT2D eigenvalue weighted by Gasteiger charge is 2.55. The second kappa shape index (κ2) is 5.07. The van der Waals surface area contributed by atoms with Crippen molar-refractivity contribution in [2.75, 3.05) is 13.2 Å². The van der Waals surface area contributed by atoms with E-state index in [0.717, 1.165) is 19.3 Å². The third-order valence-electron chi connectivity index (χ3n) is 4.03. The molecule has 0 spiro atoms. The van der Waals surface area contributed by atoms with Crippen molar-refractivity contribution in [1.82, 2.24) is 0 Å². The molecule has 0 aromatic heterocycles. The van der Waals surface area contributed by atoms with Gasteiger partial charge in [-0.1, -0.05) is 0 Å². The van der Waals surface area contributed by atoms with Crippen LogP contribution in [0.25, 0.3) is 0 Å². The number of hydrogen-bond acceptors (Lipinski definition) is 4. The van der Waals surface area contributed by atoms with Crippen LogP contribution in [0, 0.1) is 23.7 Å². The molecule has 0 heterocycles. The zero-order valence-corrected chi connectivity index (χ0v) is 10.5. The standard InChI is InChI=1S/C13H20O4/c1-3-16-12(14)10-8-5-6-9(7-8)11(10)13(15)17-4-2/h8-11H,3-7H2,1-2H3/t8?,9?,10-,11+. The van der Waals surface area contributed by atoms with Gasteiger partial charge >= 0.3 is 11.9 Å². The van der Waals surface area contributed by atoms with Crippen molar-refractivity contribution >= 4 is 11.9 Å². The molecule has 0 N–H and O–H groups in total. The van der Waals surface area contributed by atoms with Crippen LogP contribution in [0.2, 0.25) is 0 Å². The summed E-state index contributed by atoms with van der Waals surface area (Å²) >= 11 is 0. The Kier molecular flexibility index (Phi) is 3.69. The third-order valence-corrected chi connectivity index (χ3v) is 4.03. The minimum atomic E-state index is -0.257. The number of ether oxygens (including phenoxy) is 2. The van der Waals surface area contributed by atoms with Crippen LogP contribution < -0.4 is 0 Å². The maximum Gasteiger partial charge on any atom is 0.310 e. The fourth-order valence-electron chi connectivity index (χ4n) is 3.45. The fourth-order valence-corrected chi connectivity index (χ4v) is 3.45. The number of hydrogen-bond donors (Lipinski definition) is 0. The van der Waals surface area contributed by atoms with Gasteiger partial charge in [-0.25, -0.2) is 0 Å². The monoisotopic (exact) mass is 240 g/mol. The summed E-state index contributed by atoms with van der Waals surface area (Å²) in [6.45, 7) is 4.35. The summed E-state index contributed by atoms with van der Waals surface area (Å²) in [7, 11) is 0. The lowest BCUT2D eigenvalue weighted by atomic mass is 9.79. The Bertz CT molecular complexity index is 283. The van der Waals surface area contributed by atoms with Gasteiger partial charge in [0.05, 0.1) is 25.0 Å². The number of esters is 2. The maximum atomic E-state index is 11.9. The van der Waals surface area contributed by atoms with E-state index in [1.165, 1.54) is 0 Å². The van der Waals surface area contributed by atoms with Gasteiger partial charge in [-0.05, 0) is 44.9 Å². The van der Waals surface area contributed by atoms with Crippen LogP contribution in [0.1, 0.15) is 33.1 Å². The largest absolute Gasteiger partial charge is 0.466 e. The molecule has 2 rings (SSSR count). The molecule has 2 aliphatic rings. The highest BCUT2D eigenvalue weighted by atomic mass is 16.5. The molecule has 0 aliphatic heterocycles. The second-order valence-corrected chi connectivity index (χ2v) is 4.89. The fraction of sp³-hybridized carbons (Fsp3) is 0.846. The Morgan fingerprint density at radius 1 is 0.941 bits per heavy atom. The Hall–Kier alpha value is -1.06. The normalized spacial score (nSPS) is 34.7. The quantitative estimate of drug-likeness (QED) is 0.703. The van der Waals surface area contributed by atoms with Crippen LogP contribution in [0.3, 0.4) is 0 Å². The molecule has 2 fully saturated rings. The Morgan fingerprint density at radius 2 is 1.35 bits per heavy atom. The first-order chi connectivity index (χ1) is 8.19. The van der Waals surface area contributed by atoms with E-state index in [1.54, 1.807) is 13.8 Å². The van der Waals surface area contributed by atoms with Gasteiger partial charge in [0.1, 0.15) is 0 Å². The summed E-state index contributed by atoms with van der Waals surface area (Å²) < 4.78 is 10.2. The average molecular weight is 240 g/mol. The zero-order valence-electron chi connectivity index (χ0n) is 10.5. The van der Waals surface area contributed by atoms with Gasteiger partial charge < -0.3 is 9.47 Å². The number of rotatable bonds is 4. The van der Waals surface area contributed by atoms with E-state index >= 15 is 0 Å². The molecule has 4 nitrogen and oxygen atoms in total. The maximum absolute atomic E-state index is 11.9. The van der Waals surface area contributed by atoms with Gasteiger partial charge in [-0.15, -0.1) is 0 Å². The van der Waals surface area contributed by atoms with Crippen LogP contribution in [-0.4, -0.2) is 25.2 Å². The van der Waals surface area contributed by atoms with Crippen molar-refractivity contribution in [3.8, 4) is 0 Å². The molecular formula is C13H20O4. The van der Waals surface area contributed by atoms with E-state index in [0.29, 0.717) is 25.0 Å². The molecule has 2 bridgehead atoms. The SMILES string of the molecule is CCOC(=O)[C@@H]1C2CCC(C2)[C@@H]1C(=O)OCC. The summed E-state index contributed by atoms with van der Waals surface area (Å²) in [5, 5.41) is 0. The van der Waals surface area contributed by atoms with Crippen molar-refractivity contribution in [3.63, 3.8) is 0 Å². The van der Waals surface area contributed by atoms with Gasteiger partial charge in [-0.2, -0.15) is 0 Å². The Labute approximate surface area is 102 Å². The van der Waals surface area contributed by atoms with Crippen molar-refractivity contribution < 1.29 is 19.1 Å². The van der Waals surface area contributed by atoms with Crippen LogP contribution in [0.15, 0.2) is 0 Å². The van der Waals surface area contributed by atoms with E-state index in [9.17, 15) is 9.59 Å². The highest BCUT2D eigenvalue weighted by molar-refractivity contribution is 5.83. The molecule has 0 saturated heterocycles. The molecule has 2 unspecified atom stereocenters. The predicted molar refractivity (Wildman–Crippen MR) is 61.1 cm³/mol. The minimum Gasteiger partial charge on any atom is -0.466 e. The highest BCUT2D eigenvalue weighted by Crippen LogP contribution is 2.53. The van der Waals surface area contributed by atoms with Gasteiger partial charge in [0.2, 0.25) is 0 Å². The summed E-state index contributed by atoms with van der Waals surface area (Å²) in [6, 6.07) is 0. The lowest BCUT2D eigenvalue weighted by Gasteiger charge is -2.27. The molecule has 2 saturated carbocycles. The van der Waals surface area contributed by atoms with Gasteiger partial charge in [-0.3, -0.25) is 9.59 Å². The zero-order chi connectivity index (χ0) is 12.4. The van der Waals surface area contributed by atoms with E-state index in [2.05, 4.69) is 0 Å². The van der Waals surface area contributed by atoms with Gasteiger partial charge in [0.25, 0.3) is 0 Å². The molecule has 0 aromatic carbocycles. The predicted octanol–water partition coefficient (Wildman–Crippen LogP) is 1.77. The molecular weight excluding hydrogens is 220 g/mol. The van der Waals surface area contributed by atoms with Crippen LogP contribution in [-0.2, 0) is 19.1 Å². The van der Waals surface area contributed by atoms with Crippen molar-refractivity contribution in [2.24, 2.45) is 23.7 Å². The Balaban J connectivity index is 2.11. The Morgan fingerprint density at radius 3 is 1.71 bits per heavy atom. The lowest BCUT2D eigenvalue weighted by Crippen LogP contribution is -2.36. The molecule has 2 aliphatic carbocycles. The number of carbonyl (C=O) groups excluding carboxylic acids is 2. The number of fused-ring (bicyclic) bond motifs is 2. The van der Waals surface area contributed by atoms with Gasteiger partial charge in [0, 0.05) is 0 Å². The molecule has 4 heteroatoms. The summed E-state index contributed by atoms with van der Waals surface area (Å²) in [6.07, 6.45) is 3.07. The molecule has 4 atom stereocenters. The molecule has 0 aromatic rings. The van der Waals surface area contributed by atoms with Crippen LogP contribution in [0.4, 0.5) is 0 Å². The topological polar surface area (TPSA) is 52.6 Å². The third kappa shape index (κ3) is 2.17. The molecule has 96 valence electrons. The molecule has 17 heavy (non-hydrogen) atoms. The summed E-state index contributed by atoms with van der Waals surface area (Å²) in [5.41, 5.74) is 0. The van der Waals surface area contributed by atoms with Crippen molar-refractivity contribution in [1.29, 1.82) is 0 Å². The lowest BCUT2D eigenvalue weighted by molar-refractivity contribution is -0.162. The smallest absolute Gasteiger partial charge is 0.310 e. The summed E-state index contributed by atoms with van der Waals surface area (Å²) in [4.78, 5) is 23.8. The minimum absolute atomic E-state index is 0.210. The molecule has 0 radical (unpaired) electrons. The van der Waals surface area contributed by atoms with Crippen LogP contribution in [0.5, 0.6) is 0 Å². The first-order valence-corrected chi connectivity index (χ1v) is 6.52. The van der Waals surface area contributed by atoms with Crippen molar-refractivity contribution in [3.05, 3.63) is 0 Å². The van der Waals surface area contributed by atoms with E-state index < -0.39 is 0 Å². The first kappa shape index (κ1) is 12.4. The molecule has 0 amide bonds.